The molecule has 0 amide bonds. The van der Waals surface area contributed by atoms with Gasteiger partial charge in [-0.05, 0) is 45.4 Å². The summed E-state index contributed by atoms with van der Waals surface area (Å²) < 4.78 is 16.5. The molecule has 0 fully saturated rings. The van der Waals surface area contributed by atoms with E-state index in [4.69, 9.17) is 13.9 Å². The van der Waals surface area contributed by atoms with E-state index in [1.54, 1.807) is 76.2 Å². The van der Waals surface area contributed by atoms with Crippen molar-refractivity contribution in [2.24, 2.45) is 0 Å². The largest absolute Gasteiger partial charge is 0.462 e. The highest BCUT2D eigenvalue weighted by Gasteiger charge is 2.27. The van der Waals surface area contributed by atoms with Gasteiger partial charge in [0, 0.05) is 17.2 Å². The number of pyridine rings is 1. The number of rotatable bonds is 6. The molecule has 0 radical (unpaired) electrons. The number of carbonyl (C=O) groups excluding carboxylic acids is 2. The van der Waals surface area contributed by atoms with Crippen molar-refractivity contribution in [3.63, 3.8) is 0 Å². The zero-order valence-corrected chi connectivity index (χ0v) is 20.0. The standard InChI is InChI=1S/C28H25NO6/c1-5-33-27(31)24-16(3)29-17(4)25(28(32)34-6-2)26(24)19-13-11-18(12-14-19)23-15-21(30)20-9-7-8-10-22(20)35-23/h7-15H,5-6H2,1-4H3. The van der Waals surface area contributed by atoms with Gasteiger partial charge in [-0.15, -0.1) is 0 Å². The summed E-state index contributed by atoms with van der Waals surface area (Å²) in [5, 5.41) is 0.508. The molecule has 0 bridgehead atoms. The van der Waals surface area contributed by atoms with E-state index >= 15 is 0 Å². The lowest BCUT2D eigenvalue weighted by molar-refractivity contribution is 0.0525. The first-order chi connectivity index (χ1) is 16.8. The van der Waals surface area contributed by atoms with Crippen molar-refractivity contribution in [3.05, 3.63) is 87.3 Å². The fourth-order valence-corrected chi connectivity index (χ4v) is 4.09. The monoisotopic (exact) mass is 471 g/mol. The Morgan fingerprint density at radius 3 is 1.94 bits per heavy atom. The van der Waals surface area contributed by atoms with E-state index in [-0.39, 0.29) is 29.8 Å². The Morgan fingerprint density at radius 1 is 0.829 bits per heavy atom. The maximum absolute atomic E-state index is 12.9. The van der Waals surface area contributed by atoms with Gasteiger partial charge in [0.25, 0.3) is 0 Å². The highest BCUT2D eigenvalue weighted by molar-refractivity contribution is 6.07. The Labute approximate surface area is 202 Å². The van der Waals surface area contributed by atoms with Crippen molar-refractivity contribution < 1.29 is 23.5 Å². The lowest BCUT2D eigenvalue weighted by Crippen LogP contribution is -2.17. The van der Waals surface area contributed by atoms with E-state index in [1.165, 1.54) is 6.07 Å². The molecular weight excluding hydrogens is 446 g/mol. The van der Waals surface area contributed by atoms with Gasteiger partial charge < -0.3 is 13.9 Å². The third-order valence-electron chi connectivity index (χ3n) is 5.61. The number of ether oxygens (including phenoxy) is 2. The molecule has 0 N–H and O–H groups in total. The van der Waals surface area contributed by atoms with Crippen LogP contribution in [0.2, 0.25) is 0 Å². The number of fused-ring (bicyclic) bond motifs is 1. The Kier molecular flexibility index (Phi) is 6.78. The molecule has 0 aliphatic rings. The van der Waals surface area contributed by atoms with Crippen LogP contribution in [0.5, 0.6) is 0 Å². The second-order valence-corrected chi connectivity index (χ2v) is 7.90. The minimum absolute atomic E-state index is 0.138. The Balaban J connectivity index is 1.89. The van der Waals surface area contributed by atoms with Crippen molar-refractivity contribution in [2.45, 2.75) is 27.7 Å². The first-order valence-corrected chi connectivity index (χ1v) is 11.3. The maximum atomic E-state index is 12.9. The number of carbonyl (C=O) groups is 2. The zero-order chi connectivity index (χ0) is 25.1. The van der Waals surface area contributed by atoms with Gasteiger partial charge in [-0.1, -0.05) is 36.4 Å². The minimum Gasteiger partial charge on any atom is -0.462 e. The van der Waals surface area contributed by atoms with Crippen LogP contribution in [0.4, 0.5) is 0 Å². The quantitative estimate of drug-likeness (QED) is 0.343. The smallest absolute Gasteiger partial charge is 0.340 e. The van der Waals surface area contributed by atoms with E-state index in [9.17, 15) is 14.4 Å². The summed E-state index contributed by atoms with van der Waals surface area (Å²) >= 11 is 0. The first kappa shape index (κ1) is 23.9. The predicted octanol–water partition coefficient (Wildman–Crippen LogP) is 5.49. The van der Waals surface area contributed by atoms with Gasteiger partial charge in [0.15, 0.2) is 5.43 Å². The molecule has 2 aromatic heterocycles. The predicted molar refractivity (Wildman–Crippen MR) is 133 cm³/mol. The zero-order valence-electron chi connectivity index (χ0n) is 20.0. The minimum atomic E-state index is -0.567. The van der Waals surface area contributed by atoms with E-state index in [1.807, 2.05) is 0 Å². The van der Waals surface area contributed by atoms with Gasteiger partial charge in [0.1, 0.15) is 11.3 Å². The topological polar surface area (TPSA) is 95.7 Å². The number of esters is 2. The average Bonchev–Trinajstić information content (AvgIpc) is 2.84. The molecule has 0 aliphatic carbocycles. The van der Waals surface area contributed by atoms with Crippen LogP contribution in [-0.4, -0.2) is 30.1 Å². The molecule has 0 atom stereocenters. The molecule has 2 aromatic carbocycles. The third kappa shape index (κ3) is 4.57. The van der Waals surface area contributed by atoms with E-state index in [2.05, 4.69) is 4.98 Å². The molecule has 4 aromatic rings. The summed E-state index contributed by atoms with van der Waals surface area (Å²) in [4.78, 5) is 42.7. The van der Waals surface area contributed by atoms with Crippen LogP contribution in [0.25, 0.3) is 33.4 Å². The van der Waals surface area contributed by atoms with E-state index in [0.717, 1.165) is 0 Å². The molecule has 0 saturated heterocycles. The number of aryl methyl sites for hydroxylation is 2. The van der Waals surface area contributed by atoms with E-state index in [0.29, 0.717) is 44.8 Å². The van der Waals surface area contributed by atoms with Gasteiger partial charge in [0.2, 0.25) is 0 Å². The van der Waals surface area contributed by atoms with Gasteiger partial charge in [-0.3, -0.25) is 9.78 Å². The van der Waals surface area contributed by atoms with E-state index < -0.39 is 11.9 Å². The van der Waals surface area contributed by atoms with Crippen LogP contribution in [0.15, 0.2) is 63.8 Å². The lowest BCUT2D eigenvalue weighted by atomic mass is 9.91. The van der Waals surface area contributed by atoms with Crippen LogP contribution in [-0.2, 0) is 9.47 Å². The normalized spacial score (nSPS) is 10.9. The summed E-state index contributed by atoms with van der Waals surface area (Å²) in [6.45, 7) is 7.20. The number of aromatic nitrogens is 1. The molecule has 178 valence electrons. The Bertz CT molecular complexity index is 1440. The number of hydrogen-bond acceptors (Lipinski definition) is 7. The summed E-state index contributed by atoms with van der Waals surface area (Å²) in [5.41, 5.74) is 3.37. The summed E-state index contributed by atoms with van der Waals surface area (Å²) in [6, 6.07) is 15.6. The molecule has 7 nitrogen and oxygen atoms in total. The SMILES string of the molecule is CCOC(=O)c1c(C)nc(C)c(C(=O)OCC)c1-c1ccc(-c2cc(=O)c3ccccc3o2)cc1. The average molecular weight is 472 g/mol. The first-order valence-electron chi connectivity index (χ1n) is 11.3. The molecule has 7 heteroatoms. The van der Waals surface area contributed by atoms with Crippen molar-refractivity contribution in [2.75, 3.05) is 13.2 Å². The fourth-order valence-electron chi connectivity index (χ4n) is 4.09. The second-order valence-electron chi connectivity index (χ2n) is 7.90. The summed E-state index contributed by atoms with van der Waals surface area (Å²) in [5.74, 6) is -0.719. The Hall–Kier alpha value is -4.26. The van der Waals surface area contributed by atoms with Crippen molar-refractivity contribution >= 4 is 22.9 Å². The van der Waals surface area contributed by atoms with Crippen LogP contribution >= 0.6 is 0 Å². The van der Waals surface area contributed by atoms with Crippen LogP contribution < -0.4 is 5.43 Å². The Morgan fingerprint density at radius 2 is 1.37 bits per heavy atom. The van der Waals surface area contributed by atoms with Gasteiger partial charge in [-0.2, -0.15) is 0 Å². The molecule has 4 rings (SSSR count). The van der Waals surface area contributed by atoms with Crippen molar-refractivity contribution in [1.29, 1.82) is 0 Å². The highest BCUT2D eigenvalue weighted by Crippen LogP contribution is 2.34. The summed E-state index contributed by atoms with van der Waals surface area (Å²) in [6.07, 6.45) is 0. The third-order valence-corrected chi connectivity index (χ3v) is 5.61. The van der Waals surface area contributed by atoms with Crippen LogP contribution in [0, 0.1) is 13.8 Å². The van der Waals surface area contributed by atoms with Crippen molar-refractivity contribution in [3.8, 4) is 22.5 Å². The number of nitrogens with zero attached hydrogens (tertiary/aromatic N) is 1. The van der Waals surface area contributed by atoms with Gasteiger partial charge >= 0.3 is 11.9 Å². The van der Waals surface area contributed by atoms with Gasteiger partial charge in [-0.25, -0.2) is 9.59 Å². The van der Waals surface area contributed by atoms with Crippen LogP contribution in [0.1, 0.15) is 46.0 Å². The maximum Gasteiger partial charge on any atom is 0.340 e. The molecule has 35 heavy (non-hydrogen) atoms. The number of benzene rings is 2. The highest BCUT2D eigenvalue weighted by atomic mass is 16.5. The molecule has 0 unspecified atom stereocenters. The molecule has 2 heterocycles. The number of hydrogen-bond donors (Lipinski definition) is 0. The van der Waals surface area contributed by atoms with Crippen molar-refractivity contribution in [1.82, 2.24) is 4.98 Å². The lowest BCUT2D eigenvalue weighted by Gasteiger charge is -2.18. The molecule has 0 spiro atoms. The molecular formula is C28H25NO6. The number of para-hydroxylation sites is 1. The summed E-state index contributed by atoms with van der Waals surface area (Å²) in [7, 11) is 0. The van der Waals surface area contributed by atoms with Gasteiger partial charge in [0.05, 0.1) is 41.1 Å². The fraction of sp³-hybridized carbons (Fsp3) is 0.214. The molecule has 0 saturated carbocycles. The second kappa shape index (κ2) is 9.93. The van der Waals surface area contributed by atoms with Crippen LogP contribution in [0.3, 0.4) is 0 Å². The molecule has 0 aliphatic heterocycles.